The number of anilines is 3. The molecule has 0 fully saturated rings. The summed E-state index contributed by atoms with van der Waals surface area (Å²) in [6.07, 6.45) is -0.474. The lowest BCUT2D eigenvalue weighted by Gasteiger charge is -2.21. The van der Waals surface area contributed by atoms with Crippen LogP contribution in [0.3, 0.4) is 0 Å². The summed E-state index contributed by atoms with van der Waals surface area (Å²) in [6.45, 7) is 6.21. The van der Waals surface area contributed by atoms with Crippen molar-refractivity contribution in [2.24, 2.45) is 0 Å². The topological polar surface area (TPSA) is 115 Å². The maximum atomic E-state index is 11.5. The number of nitrogens with two attached hydrogens (primary N) is 1. The summed E-state index contributed by atoms with van der Waals surface area (Å²) in [5.74, 6) is 0.333. The quantitative estimate of drug-likeness (QED) is 0.494. The minimum atomic E-state index is -0.529. The average Bonchev–Trinajstić information content (AvgIpc) is 2.42. The van der Waals surface area contributed by atoms with Crippen molar-refractivity contribution in [1.82, 2.24) is 5.32 Å². The molecule has 1 heterocycles. The van der Waals surface area contributed by atoms with Crippen LogP contribution in [-0.4, -0.2) is 37.3 Å². The fourth-order valence-electron chi connectivity index (χ4n) is 1.97. The van der Waals surface area contributed by atoms with Gasteiger partial charge in [0.2, 0.25) is 0 Å². The lowest BCUT2D eigenvalue weighted by atomic mass is 10.2. The predicted octanol–water partition coefficient (Wildman–Crippen LogP) is 1.54. The first-order valence-corrected chi connectivity index (χ1v) is 7.31. The standard InChI is InChI=1S/C15H22N4O4/c1-15(2,3)23-14(21)18-5-4-17-10-7-11-12(6-9(10)16)22-8-13(20)19-11/h6-7,17H,4-5,8,16H2,1-3H3,(H,18,21)(H,19,20). The van der Waals surface area contributed by atoms with Gasteiger partial charge in [-0.05, 0) is 26.8 Å². The second-order valence-corrected chi connectivity index (χ2v) is 6.13. The molecule has 0 radical (unpaired) electrons. The van der Waals surface area contributed by atoms with Gasteiger partial charge in [0.05, 0.1) is 17.1 Å². The van der Waals surface area contributed by atoms with Gasteiger partial charge in [0.15, 0.2) is 6.61 Å². The fourth-order valence-corrected chi connectivity index (χ4v) is 1.97. The Kier molecular flexibility index (Phi) is 4.83. The van der Waals surface area contributed by atoms with Crippen LogP contribution in [0.25, 0.3) is 0 Å². The molecule has 0 atom stereocenters. The van der Waals surface area contributed by atoms with Gasteiger partial charge < -0.3 is 31.2 Å². The Bertz CT molecular complexity index is 610. The van der Waals surface area contributed by atoms with Gasteiger partial charge in [0, 0.05) is 19.2 Å². The smallest absolute Gasteiger partial charge is 0.407 e. The highest BCUT2D eigenvalue weighted by molar-refractivity contribution is 5.97. The Morgan fingerprint density at radius 1 is 1.39 bits per heavy atom. The number of carbonyl (C=O) groups excluding carboxylic acids is 2. The molecule has 1 aromatic rings. The number of hydrogen-bond acceptors (Lipinski definition) is 6. The molecule has 23 heavy (non-hydrogen) atoms. The third-order valence-electron chi connectivity index (χ3n) is 2.89. The molecule has 126 valence electrons. The van der Waals surface area contributed by atoms with Gasteiger partial charge in [0.1, 0.15) is 11.4 Å². The second-order valence-electron chi connectivity index (χ2n) is 6.13. The van der Waals surface area contributed by atoms with Crippen LogP contribution in [0.1, 0.15) is 20.8 Å². The maximum Gasteiger partial charge on any atom is 0.407 e. The molecular weight excluding hydrogens is 300 g/mol. The first-order chi connectivity index (χ1) is 10.7. The number of benzene rings is 1. The first-order valence-electron chi connectivity index (χ1n) is 7.31. The molecule has 2 amide bonds. The van der Waals surface area contributed by atoms with E-state index in [2.05, 4.69) is 16.0 Å². The number of nitrogens with one attached hydrogen (secondary N) is 3. The zero-order chi connectivity index (χ0) is 17.0. The summed E-state index contributed by atoms with van der Waals surface area (Å²) in [5, 5.41) is 8.45. The van der Waals surface area contributed by atoms with Gasteiger partial charge >= 0.3 is 6.09 Å². The van der Waals surface area contributed by atoms with Crippen molar-refractivity contribution in [2.45, 2.75) is 26.4 Å². The molecule has 0 bridgehead atoms. The molecule has 0 spiro atoms. The molecule has 0 saturated heterocycles. The van der Waals surface area contributed by atoms with E-state index in [-0.39, 0.29) is 12.5 Å². The summed E-state index contributed by atoms with van der Waals surface area (Å²) in [6, 6.07) is 3.35. The summed E-state index contributed by atoms with van der Waals surface area (Å²) in [5.41, 5.74) is 7.13. The molecule has 1 aromatic carbocycles. The van der Waals surface area contributed by atoms with Crippen molar-refractivity contribution >= 4 is 29.1 Å². The minimum absolute atomic E-state index is 0.0149. The number of ether oxygens (including phenoxy) is 2. The van der Waals surface area contributed by atoms with Crippen LogP contribution in [0.4, 0.5) is 21.9 Å². The Morgan fingerprint density at radius 3 is 2.83 bits per heavy atom. The Morgan fingerprint density at radius 2 is 2.13 bits per heavy atom. The highest BCUT2D eigenvalue weighted by Gasteiger charge is 2.18. The van der Waals surface area contributed by atoms with Gasteiger partial charge in [-0.3, -0.25) is 4.79 Å². The number of amides is 2. The largest absolute Gasteiger partial charge is 0.482 e. The molecule has 0 unspecified atom stereocenters. The monoisotopic (exact) mass is 322 g/mol. The third kappa shape index (κ3) is 4.94. The van der Waals surface area contributed by atoms with Crippen molar-refractivity contribution < 1.29 is 19.1 Å². The Balaban J connectivity index is 1.85. The number of fused-ring (bicyclic) bond motifs is 1. The summed E-state index contributed by atoms with van der Waals surface area (Å²) in [7, 11) is 0. The zero-order valence-corrected chi connectivity index (χ0v) is 13.5. The van der Waals surface area contributed by atoms with Crippen molar-refractivity contribution in [1.29, 1.82) is 0 Å². The Hall–Kier alpha value is -2.64. The number of alkyl carbamates (subject to hydrolysis) is 1. The van der Waals surface area contributed by atoms with Crippen molar-refractivity contribution in [3.8, 4) is 5.75 Å². The number of rotatable bonds is 4. The molecule has 8 heteroatoms. The molecule has 2 rings (SSSR count). The van der Waals surface area contributed by atoms with Crippen molar-refractivity contribution in [3.05, 3.63) is 12.1 Å². The molecule has 5 N–H and O–H groups in total. The van der Waals surface area contributed by atoms with E-state index in [1.165, 1.54) is 0 Å². The van der Waals surface area contributed by atoms with Crippen LogP contribution < -0.4 is 26.4 Å². The van der Waals surface area contributed by atoms with Crippen LogP contribution in [0.2, 0.25) is 0 Å². The van der Waals surface area contributed by atoms with Gasteiger partial charge in [-0.1, -0.05) is 0 Å². The summed E-state index contributed by atoms with van der Waals surface area (Å²) >= 11 is 0. The molecule has 0 saturated carbocycles. The van der Waals surface area contributed by atoms with E-state index >= 15 is 0 Å². The molecule has 1 aliphatic heterocycles. The van der Waals surface area contributed by atoms with Crippen LogP contribution in [0.5, 0.6) is 5.75 Å². The van der Waals surface area contributed by atoms with Gasteiger partial charge in [0.25, 0.3) is 5.91 Å². The van der Waals surface area contributed by atoms with Gasteiger partial charge in [-0.2, -0.15) is 0 Å². The lowest BCUT2D eigenvalue weighted by Crippen LogP contribution is -2.35. The van der Waals surface area contributed by atoms with E-state index in [1.54, 1.807) is 32.9 Å². The number of carbonyl (C=O) groups is 2. The fraction of sp³-hybridized carbons (Fsp3) is 0.467. The normalized spacial score (nSPS) is 13.4. The SMILES string of the molecule is CC(C)(C)OC(=O)NCCNc1cc2c(cc1N)OCC(=O)N2. The average molecular weight is 322 g/mol. The predicted molar refractivity (Wildman–Crippen MR) is 87.7 cm³/mol. The van der Waals surface area contributed by atoms with E-state index in [1.807, 2.05) is 0 Å². The molecule has 1 aliphatic rings. The van der Waals surface area contributed by atoms with Crippen LogP contribution in [0.15, 0.2) is 12.1 Å². The molecule has 0 aliphatic carbocycles. The second kappa shape index (κ2) is 6.64. The van der Waals surface area contributed by atoms with Gasteiger partial charge in [-0.25, -0.2) is 4.79 Å². The third-order valence-corrected chi connectivity index (χ3v) is 2.89. The minimum Gasteiger partial charge on any atom is -0.482 e. The highest BCUT2D eigenvalue weighted by atomic mass is 16.6. The lowest BCUT2D eigenvalue weighted by molar-refractivity contribution is -0.118. The maximum absolute atomic E-state index is 11.5. The molecule has 0 aromatic heterocycles. The van der Waals surface area contributed by atoms with E-state index in [0.29, 0.717) is 35.9 Å². The van der Waals surface area contributed by atoms with Crippen LogP contribution in [0, 0.1) is 0 Å². The van der Waals surface area contributed by atoms with E-state index in [9.17, 15) is 9.59 Å². The van der Waals surface area contributed by atoms with E-state index in [4.69, 9.17) is 15.2 Å². The number of hydrogen-bond donors (Lipinski definition) is 4. The van der Waals surface area contributed by atoms with Crippen molar-refractivity contribution in [3.63, 3.8) is 0 Å². The summed E-state index contributed by atoms with van der Waals surface area (Å²) < 4.78 is 10.4. The zero-order valence-electron chi connectivity index (χ0n) is 13.5. The van der Waals surface area contributed by atoms with Crippen LogP contribution >= 0.6 is 0 Å². The van der Waals surface area contributed by atoms with Crippen LogP contribution in [-0.2, 0) is 9.53 Å². The van der Waals surface area contributed by atoms with E-state index < -0.39 is 11.7 Å². The molecular formula is C15H22N4O4. The first kappa shape index (κ1) is 16.7. The molecule has 8 nitrogen and oxygen atoms in total. The van der Waals surface area contributed by atoms with Crippen molar-refractivity contribution in [2.75, 3.05) is 36.1 Å². The van der Waals surface area contributed by atoms with E-state index in [0.717, 1.165) is 0 Å². The number of nitrogen functional groups attached to an aromatic ring is 1. The highest BCUT2D eigenvalue weighted by Crippen LogP contribution is 2.34. The van der Waals surface area contributed by atoms with Gasteiger partial charge in [-0.15, -0.1) is 0 Å². The Labute approximate surface area is 134 Å². The summed E-state index contributed by atoms with van der Waals surface area (Å²) in [4.78, 5) is 22.8.